The summed E-state index contributed by atoms with van der Waals surface area (Å²) < 4.78 is 36.1. The van der Waals surface area contributed by atoms with E-state index in [1.54, 1.807) is 5.32 Å². The molecular weight excluding hydrogens is 347 g/mol. The molecule has 1 heterocycles. The maximum Gasteiger partial charge on any atom is 0.405 e. The van der Waals surface area contributed by atoms with Crippen LogP contribution in [-0.2, 0) is 4.79 Å². The van der Waals surface area contributed by atoms with Crippen molar-refractivity contribution in [3.05, 3.63) is 29.8 Å². The maximum atomic E-state index is 12.0. The first-order valence-corrected chi connectivity index (χ1v) is 7.32. The molecule has 3 N–H and O–H groups in total. The molecule has 134 valence electrons. The van der Waals surface area contributed by atoms with Gasteiger partial charge < -0.3 is 16.0 Å². The molecule has 1 aliphatic rings. The van der Waals surface area contributed by atoms with E-state index in [9.17, 15) is 22.8 Å². The van der Waals surface area contributed by atoms with Gasteiger partial charge in [-0.15, -0.1) is 12.4 Å². The van der Waals surface area contributed by atoms with E-state index in [0.29, 0.717) is 12.2 Å². The van der Waals surface area contributed by atoms with Crippen LogP contribution in [0.3, 0.4) is 0 Å². The van der Waals surface area contributed by atoms with Crippen LogP contribution in [0.5, 0.6) is 0 Å². The van der Waals surface area contributed by atoms with Gasteiger partial charge in [0.1, 0.15) is 6.54 Å². The molecule has 1 saturated heterocycles. The van der Waals surface area contributed by atoms with Gasteiger partial charge >= 0.3 is 6.18 Å². The van der Waals surface area contributed by atoms with Crippen molar-refractivity contribution in [2.75, 3.05) is 25.0 Å². The van der Waals surface area contributed by atoms with Crippen LogP contribution in [0.25, 0.3) is 0 Å². The predicted molar refractivity (Wildman–Crippen MR) is 86.3 cm³/mol. The van der Waals surface area contributed by atoms with E-state index in [1.807, 2.05) is 0 Å². The molecule has 0 aromatic heterocycles. The van der Waals surface area contributed by atoms with E-state index in [2.05, 4.69) is 10.6 Å². The molecule has 0 bridgehead atoms. The van der Waals surface area contributed by atoms with Gasteiger partial charge in [-0.3, -0.25) is 9.59 Å². The largest absolute Gasteiger partial charge is 0.405 e. The van der Waals surface area contributed by atoms with E-state index in [-0.39, 0.29) is 29.8 Å². The minimum atomic E-state index is -4.45. The first-order chi connectivity index (χ1) is 10.8. The van der Waals surface area contributed by atoms with E-state index < -0.39 is 18.6 Å². The molecule has 24 heavy (non-hydrogen) atoms. The van der Waals surface area contributed by atoms with Gasteiger partial charge in [-0.05, 0) is 43.7 Å². The van der Waals surface area contributed by atoms with Gasteiger partial charge in [0.15, 0.2) is 0 Å². The van der Waals surface area contributed by atoms with Crippen LogP contribution < -0.4 is 16.0 Å². The van der Waals surface area contributed by atoms with Crippen molar-refractivity contribution in [1.82, 2.24) is 10.6 Å². The number of halogens is 4. The molecule has 0 aliphatic carbocycles. The molecule has 1 fully saturated rings. The first-order valence-electron chi connectivity index (χ1n) is 7.32. The van der Waals surface area contributed by atoms with Gasteiger partial charge in [0, 0.05) is 17.8 Å². The molecule has 1 unspecified atom stereocenters. The van der Waals surface area contributed by atoms with Crippen LogP contribution in [0.1, 0.15) is 23.2 Å². The van der Waals surface area contributed by atoms with Gasteiger partial charge in [-0.2, -0.15) is 13.2 Å². The number of alkyl halides is 3. The Hall–Kier alpha value is -1.80. The van der Waals surface area contributed by atoms with E-state index in [4.69, 9.17) is 0 Å². The number of carbonyl (C=O) groups excluding carboxylic acids is 2. The highest BCUT2D eigenvalue weighted by Gasteiger charge is 2.28. The van der Waals surface area contributed by atoms with Crippen molar-refractivity contribution in [1.29, 1.82) is 0 Å². The minimum Gasteiger partial charge on any atom is -0.343 e. The fraction of sp³-hybridized carbons (Fsp3) is 0.467. The van der Waals surface area contributed by atoms with E-state index in [1.165, 1.54) is 24.3 Å². The number of rotatable bonds is 4. The lowest BCUT2D eigenvalue weighted by molar-refractivity contribution is -0.123. The topological polar surface area (TPSA) is 70.2 Å². The summed E-state index contributed by atoms with van der Waals surface area (Å²) in [5.74, 6) is -1.01. The highest BCUT2D eigenvalue weighted by molar-refractivity contribution is 5.96. The average Bonchev–Trinajstić information content (AvgIpc) is 2.53. The number of anilines is 1. The zero-order valence-electron chi connectivity index (χ0n) is 12.8. The molecule has 1 atom stereocenters. The molecule has 1 aromatic carbocycles. The average molecular weight is 366 g/mol. The molecule has 2 rings (SSSR count). The Morgan fingerprint density at radius 2 is 1.88 bits per heavy atom. The number of carbonyl (C=O) groups is 2. The lowest BCUT2D eigenvalue weighted by atomic mass is 9.99. The summed E-state index contributed by atoms with van der Waals surface area (Å²) in [6.45, 7) is 0.161. The van der Waals surface area contributed by atoms with Crippen molar-refractivity contribution in [3.8, 4) is 0 Å². The Kier molecular flexibility index (Phi) is 7.50. The summed E-state index contributed by atoms with van der Waals surface area (Å²) in [5.41, 5.74) is 0.611. The molecule has 0 spiro atoms. The number of nitrogens with one attached hydrogen (secondary N) is 3. The van der Waals surface area contributed by atoms with Gasteiger partial charge in [0.2, 0.25) is 5.91 Å². The minimum absolute atomic E-state index is 0. The van der Waals surface area contributed by atoms with Gasteiger partial charge in [0.25, 0.3) is 5.91 Å². The SMILES string of the molecule is Cl.O=C(NCC(F)(F)F)c1ccc(NC(=O)C2CCCNC2)cc1. The third-order valence-electron chi connectivity index (χ3n) is 3.53. The van der Waals surface area contributed by atoms with Crippen molar-refractivity contribution >= 4 is 29.9 Å². The van der Waals surface area contributed by atoms with E-state index >= 15 is 0 Å². The van der Waals surface area contributed by atoms with E-state index in [0.717, 1.165) is 19.4 Å². The number of piperidine rings is 1. The molecule has 2 amide bonds. The van der Waals surface area contributed by atoms with Gasteiger partial charge in [-0.25, -0.2) is 0 Å². The standard InChI is InChI=1S/C15H18F3N3O2.ClH/c16-15(17,18)9-20-13(22)10-3-5-12(6-4-10)21-14(23)11-2-1-7-19-8-11;/h3-6,11,19H,1-2,7-9H2,(H,20,22)(H,21,23);1H. The van der Waals surface area contributed by atoms with Crippen LogP contribution >= 0.6 is 12.4 Å². The Morgan fingerprint density at radius 3 is 2.42 bits per heavy atom. The molecule has 1 aliphatic heterocycles. The molecule has 0 radical (unpaired) electrons. The fourth-order valence-corrected chi connectivity index (χ4v) is 2.31. The number of hydrogen-bond donors (Lipinski definition) is 3. The molecular formula is C15H19ClF3N3O2. The van der Waals surface area contributed by atoms with Crippen LogP contribution in [0.4, 0.5) is 18.9 Å². The molecule has 0 saturated carbocycles. The smallest absolute Gasteiger partial charge is 0.343 e. The number of amides is 2. The van der Waals surface area contributed by atoms with Gasteiger partial charge in [-0.1, -0.05) is 0 Å². The quantitative estimate of drug-likeness (QED) is 0.767. The summed E-state index contributed by atoms with van der Waals surface area (Å²) in [6, 6.07) is 5.74. The maximum absolute atomic E-state index is 12.0. The zero-order chi connectivity index (χ0) is 16.9. The summed E-state index contributed by atoms with van der Waals surface area (Å²) in [5, 5.41) is 7.68. The van der Waals surface area contributed by atoms with Crippen molar-refractivity contribution < 1.29 is 22.8 Å². The summed E-state index contributed by atoms with van der Waals surface area (Å²) >= 11 is 0. The normalized spacial score (nSPS) is 17.5. The highest BCUT2D eigenvalue weighted by atomic mass is 35.5. The van der Waals surface area contributed by atoms with Crippen LogP contribution in [0.15, 0.2) is 24.3 Å². The monoisotopic (exact) mass is 365 g/mol. The Morgan fingerprint density at radius 1 is 1.21 bits per heavy atom. The highest BCUT2D eigenvalue weighted by Crippen LogP contribution is 2.16. The van der Waals surface area contributed by atoms with Crippen molar-refractivity contribution in [2.45, 2.75) is 19.0 Å². The molecule has 5 nitrogen and oxygen atoms in total. The Bertz CT molecular complexity index is 558. The van der Waals surface area contributed by atoms with Crippen LogP contribution in [0, 0.1) is 5.92 Å². The molecule has 1 aromatic rings. The van der Waals surface area contributed by atoms with Gasteiger partial charge in [0.05, 0.1) is 5.92 Å². The number of benzene rings is 1. The second kappa shape index (κ2) is 8.89. The second-order valence-electron chi connectivity index (χ2n) is 5.41. The lowest BCUT2D eigenvalue weighted by Crippen LogP contribution is -2.37. The lowest BCUT2D eigenvalue weighted by Gasteiger charge is -2.21. The zero-order valence-corrected chi connectivity index (χ0v) is 13.6. The fourth-order valence-electron chi connectivity index (χ4n) is 2.31. The summed E-state index contributed by atoms with van der Waals surface area (Å²) in [4.78, 5) is 23.6. The summed E-state index contributed by atoms with van der Waals surface area (Å²) in [7, 11) is 0. The predicted octanol–water partition coefficient (Wildman–Crippen LogP) is 2.34. The third-order valence-corrected chi connectivity index (χ3v) is 3.53. The summed E-state index contributed by atoms with van der Waals surface area (Å²) in [6.07, 6.45) is -2.69. The van der Waals surface area contributed by atoms with Crippen LogP contribution in [0.2, 0.25) is 0 Å². The molecule has 9 heteroatoms. The second-order valence-corrected chi connectivity index (χ2v) is 5.41. The van der Waals surface area contributed by atoms with Crippen LogP contribution in [-0.4, -0.2) is 37.6 Å². The van der Waals surface area contributed by atoms with Crippen molar-refractivity contribution in [3.63, 3.8) is 0 Å². The van der Waals surface area contributed by atoms with Crippen molar-refractivity contribution in [2.24, 2.45) is 5.92 Å². The Labute approximate surface area is 143 Å². The first kappa shape index (κ1) is 20.2. The third kappa shape index (κ3) is 6.37. The number of hydrogen-bond acceptors (Lipinski definition) is 3. The Balaban J connectivity index is 0.00000288.